The molecule has 0 spiro atoms. The van der Waals surface area contributed by atoms with Crippen LogP contribution in [0.4, 0.5) is 4.39 Å². The van der Waals surface area contributed by atoms with E-state index in [0.717, 1.165) is 36.7 Å². The van der Waals surface area contributed by atoms with Crippen molar-refractivity contribution in [2.45, 2.75) is 25.9 Å². The molecule has 2 atom stereocenters. The minimum absolute atomic E-state index is 0.0245. The molecule has 0 radical (unpaired) electrons. The Morgan fingerprint density at radius 1 is 0.886 bits per heavy atom. The van der Waals surface area contributed by atoms with Crippen LogP contribution in [0.2, 0.25) is 0 Å². The maximum absolute atomic E-state index is 13.4. The Kier molecular flexibility index (Phi) is 8.03. The first-order valence-electron chi connectivity index (χ1n) is 11.9. The molecule has 5 nitrogen and oxygen atoms in total. The van der Waals surface area contributed by atoms with Crippen molar-refractivity contribution in [1.29, 1.82) is 0 Å². The van der Waals surface area contributed by atoms with E-state index in [0.29, 0.717) is 13.1 Å². The second-order valence-corrected chi connectivity index (χ2v) is 9.21. The first-order chi connectivity index (χ1) is 16.9. The Hall–Kier alpha value is -3.38. The van der Waals surface area contributed by atoms with Gasteiger partial charge in [0.15, 0.2) is 0 Å². The zero-order chi connectivity index (χ0) is 24.8. The number of methoxy groups -OCH3 is 2. The molecule has 35 heavy (non-hydrogen) atoms. The molecule has 0 aromatic heterocycles. The number of likely N-dealkylation sites (tertiary alicyclic amines) is 1. The highest BCUT2D eigenvalue weighted by Crippen LogP contribution is 2.35. The smallest absolute Gasteiger partial charge is 0.219 e. The van der Waals surface area contributed by atoms with E-state index in [1.807, 2.05) is 29.2 Å². The van der Waals surface area contributed by atoms with Crippen LogP contribution in [0.3, 0.4) is 0 Å². The molecule has 0 bridgehead atoms. The Bertz CT molecular complexity index is 1100. The zero-order valence-electron chi connectivity index (χ0n) is 20.6. The summed E-state index contributed by atoms with van der Waals surface area (Å²) in [5.41, 5.74) is 3.41. The number of hydrogen-bond donors (Lipinski definition) is 0. The van der Waals surface area contributed by atoms with Gasteiger partial charge < -0.3 is 14.4 Å². The molecule has 4 rings (SSSR count). The largest absolute Gasteiger partial charge is 0.497 e. The van der Waals surface area contributed by atoms with Gasteiger partial charge in [0.2, 0.25) is 5.91 Å². The highest BCUT2D eigenvalue weighted by atomic mass is 19.1. The Labute approximate surface area is 207 Å². The fourth-order valence-electron chi connectivity index (χ4n) is 4.89. The Morgan fingerprint density at radius 3 is 2.03 bits per heavy atom. The van der Waals surface area contributed by atoms with E-state index < -0.39 is 0 Å². The van der Waals surface area contributed by atoms with Crippen molar-refractivity contribution in [2.75, 3.05) is 33.9 Å². The second-order valence-electron chi connectivity index (χ2n) is 9.21. The van der Waals surface area contributed by atoms with Crippen molar-refractivity contribution in [2.24, 2.45) is 5.92 Å². The summed E-state index contributed by atoms with van der Waals surface area (Å²) < 4.78 is 24.0. The third-order valence-corrected chi connectivity index (χ3v) is 6.81. The van der Waals surface area contributed by atoms with Crippen molar-refractivity contribution >= 4 is 5.91 Å². The van der Waals surface area contributed by atoms with Crippen LogP contribution in [0.5, 0.6) is 11.5 Å². The molecule has 0 unspecified atom stereocenters. The molecule has 1 fully saturated rings. The number of benzene rings is 3. The predicted octanol–water partition coefficient (Wildman–Crippen LogP) is 5.11. The fraction of sp³-hybridized carbons (Fsp3) is 0.345. The molecule has 1 aliphatic heterocycles. The standard InChI is InChI=1S/C29H33FN2O3/c1-21(33)32(17-23-4-10-26(30)11-5-23)19-25-18-31(16-22-6-12-27(34-2)13-7-22)20-29(25)24-8-14-28(35-3)15-9-24/h4-15,25,29H,16-20H2,1-3H3/t25-,29+/m0/s1. The van der Waals surface area contributed by atoms with Gasteiger partial charge in [-0.3, -0.25) is 9.69 Å². The van der Waals surface area contributed by atoms with Crippen LogP contribution in [-0.2, 0) is 17.9 Å². The number of halogens is 1. The molecular weight excluding hydrogens is 443 g/mol. The summed E-state index contributed by atoms with van der Waals surface area (Å²) in [7, 11) is 3.34. The quantitative estimate of drug-likeness (QED) is 0.431. The Balaban J connectivity index is 1.53. The average molecular weight is 477 g/mol. The second kappa shape index (κ2) is 11.4. The lowest BCUT2D eigenvalue weighted by molar-refractivity contribution is -0.130. The minimum atomic E-state index is -0.271. The number of nitrogens with zero attached hydrogens (tertiary/aromatic N) is 2. The number of carbonyl (C=O) groups is 1. The van der Waals surface area contributed by atoms with E-state index in [1.54, 1.807) is 33.3 Å². The van der Waals surface area contributed by atoms with Crippen LogP contribution in [0, 0.1) is 11.7 Å². The van der Waals surface area contributed by atoms with Crippen LogP contribution in [-0.4, -0.2) is 49.6 Å². The first-order valence-corrected chi connectivity index (χ1v) is 11.9. The summed E-state index contributed by atoms with van der Waals surface area (Å²) in [6.45, 7) is 5.35. The number of rotatable bonds is 9. The van der Waals surface area contributed by atoms with E-state index in [-0.39, 0.29) is 23.6 Å². The first kappa shape index (κ1) is 24.7. The lowest BCUT2D eigenvalue weighted by Gasteiger charge is -2.28. The lowest BCUT2D eigenvalue weighted by atomic mass is 9.88. The third kappa shape index (κ3) is 6.40. The lowest BCUT2D eigenvalue weighted by Crippen LogP contribution is -2.35. The zero-order valence-corrected chi connectivity index (χ0v) is 20.6. The topological polar surface area (TPSA) is 42.0 Å². The highest BCUT2D eigenvalue weighted by molar-refractivity contribution is 5.73. The van der Waals surface area contributed by atoms with Crippen molar-refractivity contribution < 1.29 is 18.7 Å². The maximum Gasteiger partial charge on any atom is 0.219 e. The van der Waals surface area contributed by atoms with Gasteiger partial charge in [-0.15, -0.1) is 0 Å². The van der Waals surface area contributed by atoms with Gasteiger partial charge >= 0.3 is 0 Å². The molecular formula is C29H33FN2O3. The van der Waals surface area contributed by atoms with Gasteiger partial charge in [-0.2, -0.15) is 0 Å². The van der Waals surface area contributed by atoms with Gasteiger partial charge in [0, 0.05) is 45.6 Å². The van der Waals surface area contributed by atoms with E-state index in [4.69, 9.17) is 9.47 Å². The molecule has 3 aromatic carbocycles. The van der Waals surface area contributed by atoms with Gasteiger partial charge in [0.05, 0.1) is 14.2 Å². The van der Waals surface area contributed by atoms with Gasteiger partial charge in [0.25, 0.3) is 0 Å². The molecule has 6 heteroatoms. The molecule has 184 valence electrons. The molecule has 1 saturated heterocycles. The van der Waals surface area contributed by atoms with Crippen molar-refractivity contribution in [3.63, 3.8) is 0 Å². The van der Waals surface area contributed by atoms with Crippen LogP contribution in [0.15, 0.2) is 72.8 Å². The molecule has 1 heterocycles. The summed E-state index contributed by atoms with van der Waals surface area (Å²) >= 11 is 0. The molecule has 3 aromatic rings. The molecule has 0 saturated carbocycles. The van der Waals surface area contributed by atoms with E-state index in [1.165, 1.54) is 23.3 Å². The summed E-state index contributed by atoms with van der Waals surface area (Å²) in [6, 6.07) is 22.8. The monoisotopic (exact) mass is 476 g/mol. The SMILES string of the molecule is COc1ccc(CN2C[C@@H](CN(Cc3ccc(F)cc3)C(C)=O)[C@@H](c3ccc(OC)cc3)C2)cc1. The predicted molar refractivity (Wildman–Crippen MR) is 135 cm³/mol. The minimum Gasteiger partial charge on any atom is -0.497 e. The number of carbonyl (C=O) groups excluding carboxylic acids is 1. The summed E-state index contributed by atoms with van der Waals surface area (Å²) in [5, 5.41) is 0. The van der Waals surface area contributed by atoms with Crippen LogP contribution < -0.4 is 9.47 Å². The summed E-state index contributed by atoms with van der Waals surface area (Å²) in [5.74, 6) is 1.99. The number of hydrogen-bond acceptors (Lipinski definition) is 4. The maximum atomic E-state index is 13.4. The molecule has 1 aliphatic rings. The third-order valence-electron chi connectivity index (χ3n) is 6.81. The van der Waals surface area contributed by atoms with Gasteiger partial charge in [0.1, 0.15) is 17.3 Å². The normalized spacial score (nSPS) is 17.8. The highest BCUT2D eigenvalue weighted by Gasteiger charge is 2.35. The number of ether oxygens (including phenoxy) is 2. The van der Waals surface area contributed by atoms with Gasteiger partial charge in [-0.05, 0) is 59.0 Å². The molecule has 0 aliphatic carbocycles. The van der Waals surface area contributed by atoms with Gasteiger partial charge in [-0.25, -0.2) is 4.39 Å². The van der Waals surface area contributed by atoms with Crippen molar-refractivity contribution in [3.8, 4) is 11.5 Å². The fourth-order valence-corrected chi connectivity index (χ4v) is 4.89. The number of amides is 1. The van der Waals surface area contributed by atoms with Gasteiger partial charge in [-0.1, -0.05) is 36.4 Å². The van der Waals surface area contributed by atoms with E-state index >= 15 is 0 Å². The molecule has 1 amide bonds. The van der Waals surface area contributed by atoms with Crippen molar-refractivity contribution in [3.05, 3.63) is 95.3 Å². The van der Waals surface area contributed by atoms with Crippen LogP contribution >= 0.6 is 0 Å². The average Bonchev–Trinajstić information content (AvgIpc) is 3.27. The van der Waals surface area contributed by atoms with Crippen LogP contribution in [0.25, 0.3) is 0 Å². The summed E-state index contributed by atoms with van der Waals surface area (Å²) in [6.07, 6.45) is 0. The van der Waals surface area contributed by atoms with E-state index in [2.05, 4.69) is 29.2 Å². The van der Waals surface area contributed by atoms with Crippen molar-refractivity contribution in [1.82, 2.24) is 9.80 Å². The van der Waals surface area contributed by atoms with Crippen LogP contribution in [0.1, 0.15) is 29.5 Å². The van der Waals surface area contributed by atoms with E-state index in [9.17, 15) is 9.18 Å². The Morgan fingerprint density at radius 2 is 1.46 bits per heavy atom. The summed E-state index contributed by atoms with van der Waals surface area (Å²) in [4.78, 5) is 16.9. The molecule has 0 N–H and O–H groups in total.